The summed E-state index contributed by atoms with van der Waals surface area (Å²) in [4.78, 5) is 15.1. The molecule has 0 saturated carbocycles. The second kappa shape index (κ2) is 5.38. The summed E-state index contributed by atoms with van der Waals surface area (Å²) in [6.07, 6.45) is 1.86. The normalized spacial score (nSPS) is 12.2. The van der Waals surface area contributed by atoms with Crippen molar-refractivity contribution in [2.24, 2.45) is 5.92 Å². The number of nitrogens with one attached hydrogen (secondary N) is 1. The maximum Gasteiger partial charge on any atom is 0.412 e. The third-order valence-electron chi connectivity index (χ3n) is 2.05. The summed E-state index contributed by atoms with van der Waals surface area (Å²) in [7, 11) is 0. The first kappa shape index (κ1) is 11.6. The highest BCUT2D eigenvalue weighted by atomic mass is 16.5. The van der Waals surface area contributed by atoms with Gasteiger partial charge in [-0.25, -0.2) is 4.79 Å². The van der Waals surface area contributed by atoms with Gasteiger partial charge in [-0.05, 0) is 5.92 Å². The van der Waals surface area contributed by atoms with Gasteiger partial charge in [0.1, 0.15) is 6.26 Å². The monoisotopic (exact) mass is 214 g/mol. The van der Waals surface area contributed by atoms with Gasteiger partial charge >= 0.3 is 6.09 Å². The van der Waals surface area contributed by atoms with E-state index in [2.05, 4.69) is 10.3 Å². The molecule has 15 heavy (non-hydrogen) atoms. The number of hydrogen-bond donors (Lipinski definition) is 1. The summed E-state index contributed by atoms with van der Waals surface area (Å²) < 4.78 is 9.91. The molecular weight excluding hydrogens is 196 g/mol. The standard InChI is InChI=1S/C10H16N2O3.H2/c1-4-7(2)5-15-10(13)12-9-6-14-8(3)11-9;/h6-7H,4-5H2,1-3H3,(H,12,13);1H/t7-;/m1./s1. The Morgan fingerprint density at radius 2 is 2.53 bits per heavy atom. The minimum atomic E-state index is -0.497. The predicted molar refractivity (Wildman–Crippen MR) is 57.8 cm³/mol. The third-order valence-corrected chi connectivity index (χ3v) is 2.05. The van der Waals surface area contributed by atoms with Crippen LogP contribution >= 0.6 is 0 Å². The number of nitrogens with zero attached hydrogens (tertiary/aromatic N) is 1. The number of oxazole rings is 1. The van der Waals surface area contributed by atoms with Gasteiger partial charge in [0, 0.05) is 8.35 Å². The Hall–Kier alpha value is -1.52. The van der Waals surface area contributed by atoms with E-state index in [0.717, 1.165) is 6.42 Å². The van der Waals surface area contributed by atoms with Gasteiger partial charge in [-0.3, -0.25) is 5.32 Å². The van der Waals surface area contributed by atoms with E-state index in [1.807, 2.05) is 13.8 Å². The number of aromatic nitrogens is 1. The topological polar surface area (TPSA) is 64.4 Å². The van der Waals surface area contributed by atoms with Crippen molar-refractivity contribution in [2.75, 3.05) is 11.9 Å². The molecule has 1 atom stereocenters. The van der Waals surface area contributed by atoms with E-state index in [-0.39, 0.29) is 1.43 Å². The van der Waals surface area contributed by atoms with Crippen molar-refractivity contribution in [1.29, 1.82) is 0 Å². The van der Waals surface area contributed by atoms with Crippen molar-refractivity contribution >= 4 is 11.9 Å². The maximum absolute atomic E-state index is 11.2. The van der Waals surface area contributed by atoms with Crippen molar-refractivity contribution in [3.8, 4) is 0 Å². The van der Waals surface area contributed by atoms with Gasteiger partial charge in [0.15, 0.2) is 11.7 Å². The van der Waals surface area contributed by atoms with Crippen LogP contribution in [-0.4, -0.2) is 17.7 Å². The van der Waals surface area contributed by atoms with E-state index in [1.54, 1.807) is 6.92 Å². The van der Waals surface area contributed by atoms with Crippen molar-refractivity contribution in [3.63, 3.8) is 0 Å². The summed E-state index contributed by atoms with van der Waals surface area (Å²) in [5.41, 5.74) is 0. The van der Waals surface area contributed by atoms with Crippen molar-refractivity contribution in [2.45, 2.75) is 27.2 Å². The second-order valence-electron chi connectivity index (χ2n) is 3.49. The fourth-order valence-electron chi connectivity index (χ4n) is 0.897. The summed E-state index contributed by atoms with van der Waals surface area (Å²) >= 11 is 0. The molecule has 0 unspecified atom stereocenters. The number of carbonyl (C=O) groups excluding carboxylic acids is 1. The smallest absolute Gasteiger partial charge is 0.412 e. The fourth-order valence-corrected chi connectivity index (χ4v) is 0.897. The lowest BCUT2D eigenvalue weighted by atomic mass is 10.1. The zero-order valence-corrected chi connectivity index (χ0v) is 9.24. The molecule has 1 rings (SSSR count). The van der Waals surface area contributed by atoms with Crippen LogP contribution in [-0.2, 0) is 4.74 Å². The number of amides is 1. The molecule has 0 bridgehead atoms. The number of ether oxygens (including phenoxy) is 1. The first-order valence-corrected chi connectivity index (χ1v) is 4.97. The molecule has 5 nitrogen and oxygen atoms in total. The molecule has 0 aromatic carbocycles. The van der Waals surface area contributed by atoms with Crippen LogP contribution < -0.4 is 5.32 Å². The molecular formula is C10H18N2O3. The van der Waals surface area contributed by atoms with Gasteiger partial charge < -0.3 is 9.15 Å². The summed E-state index contributed by atoms with van der Waals surface area (Å²) in [5.74, 6) is 1.25. The quantitative estimate of drug-likeness (QED) is 0.837. The highest BCUT2D eigenvalue weighted by Crippen LogP contribution is 2.07. The summed E-state index contributed by atoms with van der Waals surface area (Å²) in [6.45, 7) is 6.19. The Labute approximate surface area is 90.3 Å². The number of aryl methyl sites for hydroxylation is 1. The van der Waals surface area contributed by atoms with Crippen LogP contribution in [0.25, 0.3) is 0 Å². The Morgan fingerprint density at radius 1 is 1.80 bits per heavy atom. The molecule has 0 aliphatic rings. The summed E-state index contributed by atoms with van der Waals surface area (Å²) in [6, 6.07) is 0. The van der Waals surface area contributed by atoms with E-state index >= 15 is 0 Å². The molecule has 1 aromatic heterocycles. The van der Waals surface area contributed by atoms with Crippen molar-refractivity contribution < 1.29 is 15.4 Å². The van der Waals surface area contributed by atoms with Gasteiger partial charge in [0.25, 0.3) is 0 Å². The van der Waals surface area contributed by atoms with Gasteiger partial charge in [0.05, 0.1) is 6.61 Å². The molecule has 86 valence electrons. The fraction of sp³-hybridized carbons (Fsp3) is 0.600. The van der Waals surface area contributed by atoms with Crippen molar-refractivity contribution in [1.82, 2.24) is 4.98 Å². The molecule has 1 N–H and O–H groups in total. The Balaban J connectivity index is 0.00000225. The highest BCUT2D eigenvalue weighted by molar-refractivity contribution is 5.82. The van der Waals surface area contributed by atoms with Gasteiger partial charge in [-0.1, -0.05) is 20.3 Å². The molecule has 0 radical (unpaired) electrons. The van der Waals surface area contributed by atoms with E-state index in [0.29, 0.717) is 24.2 Å². The first-order valence-electron chi connectivity index (χ1n) is 4.97. The molecule has 1 heterocycles. The van der Waals surface area contributed by atoms with Gasteiger partial charge in [0.2, 0.25) is 0 Å². The Bertz CT molecular complexity index is 328. The molecule has 0 spiro atoms. The predicted octanol–water partition coefficient (Wildman–Crippen LogP) is 2.82. The van der Waals surface area contributed by atoms with E-state index in [4.69, 9.17) is 9.15 Å². The number of hydrogen-bond acceptors (Lipinski definition) is 4. The molecule has 0 saturated heterocycles. The second-order valence-corrected chi connectivity index (χ2v) is 3.49. The van der Waals surface area contributed by atoms with E-state index in [9.17, 15) is 4.79 Å². The largest absolute Gasteiger partial charge is 0.449 e. The van der Waals surface area contributed by atoms with Crippen molar-refractivity contribution in [3.05, 3.63) is 12.2 Å². The summed E-state index contributed by atoms with van der Waals surface area (Å²) in [5, 5.41) is 2.48. The molecule has 0 fully saturated rings. The van der Waals surface area contributed by atoms with Crippen LogP contribution in [0.3, 0.4) is 0 Å². The lowest BCUT2D eigenvalue weighted by molar-refractivity contribution is 0.143. The number of rotatable bonds is 4. The first-order chi connectivity index (χ1) is 7.11. The SMILES string of the molecule is CC[C@@H](C)COC(=O)Nc1coc(C)n1.[HH]. The Morgan fingerprint density at radius 3 is 3.07 bits per heavy atom. The molecule has 5 heteroatoms. The maximum atomic E-state index is 11.2. The molecule has 0 aliphatic heterocycles. The zero-order valence-electron chi connectivity index (χ0n) is 9.24. The average Bonchev–Trinajstić information content (AvgIpc) is 2.60. The zero-order chi connectivity index (χ0) is 11.3. The molecule has 1 aromatic rings. The van der Waals surface area contributed by atoms with Crippen LogP contribution in [0.1, 0.15) is 27.6 Å². The van der Waals surface area contributed by atoms with E-state index in [1.165, 1.54) is 6.26 Å². The highest BCUT2D eigenvalue weighted by Gasteiger charge is 2.08. The number of carbonyl (C=O) groups is 1. The minimum absolute atomic E-state index is 0. The van der Waals surface area contributed by atoms with Crippen LogP contribution in [0.15, 0.2) is 10.7 Å². The van der Waals surface area contributed by atoms with Gasteiger partial charge in [-0.15, -0.1) is 0 Å². The van der Waals surface area contributed by atoms with Crippen LogP contribution in [0.4, 0.5) is 10.6 Å². The third kappa shape index (κ3) is 4.01. The van der Waals surface area contributed by atoms with Crippen LogP contribution in [0, 0.1) is 12.8 Å². The Kier molecular flexibility index (Phi) is 4.15. The number of anilines is 1. The molecule has 1 amide bonds. The lowest BCUT2D eigenvalue weighted by Crippen LogP contribution is -2.17. The minimum Gasteiger partial charge on any atom is -0.449 e. The average molecular weight is 214 g/mol. The lowest BCUT2D eigenvalue weighted by Gasteiger charge is -2.08. The van der Waals surface area contributed by atoms with Crippen LogP contribution in [0.5, 0.6) is 0 Å². The van der Waals surface area contributed by atoms with Crippen LogP contribution in [0.2, 0.25) is 0 Å². The molecule has 0 aliphatic carbocycles. The van der Waals surface area contributed by atoms with E-state index < -0.39 is 6.09 Å². The van der Waals surface area contributed by atoms with Gasteiger partial charge in [-0.2, -0.15) is 4.98 Å².